The summed E-state index contributed by atoms with van der Waals surface area (Å²) in [6.45, 7) is 3.62. The van der Waals surface area contributed by atoms with Gasteiger partial charge in [-0.15, -0.1) is 0 Å². The van der Waals surface area contributed by atoms with E-state index in [0.29, 0.717) is 5.75 Å². The lowest BCUT2D eigenvalue weighted by Crippen LogP contribution is -2.16. The Morgan fingerprint density at radius 1 is 1.31 bits per heavy atom. The first kappa shape index (κ1) is 19.4. The lowest BCUT2D eigenvalue weighted by atomic mass is 10.1. The van der Waals surface area contributed by atoms with E-state index in [1.807, 2.05) is 13.0 Å². The van der Waals surface area contributed by atoms with E-state index in [9.17, 15) is 19.7 Å². The molecule has 1 aromatic heterocycles. The number of nitrogens with zero attached hydrogens (tertiary/aromatic N) is 1. The molecule has 0 fully saturated rings. The van der Waals surface area contributed by atoms with Gasteiger partial charge in [0, 0.05) is 6.07 Å². The summed E-state index contributed by atoms with van der Waals surface area (Å²) < 4.78 is 10.1. The van der Waals surface area contributed by atoms with Gasteiger partial charge in [0.05, 0.1) is 25.1 Å². The van der Waals surface area contributed by atoms with Crippen LogP contribution in [-0.4, -0.2) is 30.5 Å². The third-order valence-corrected chi connectivity index (χ3v) is 4.47. The average Bonchev–Trinajstić information content (AvgIpc) is 2.99. The van der Waals surface area contributed by atoms with E-state index >= 15 is 0 Å². The smallest absolute Gasteiger partial charge is 0.341 e. The van der Waals surface area contributed by atoms with Crippen LogP contribution in [0.5, 0.6) is 5.75 Å². The van der Waals surface area contributed by atoms with Gasteiger partial charge in [-0.25, -0.2) is 4.79 Å². The number of rotatable bonds is 7. The van der Waals surface area contributed by atoms with Gasteiger partial charge in [-0.05, 0) is 42.4 Å². The Balaban J connectivity index is 2.18. The molecule has 0 aliphatic rings. The predicted octanol–water partition coefficient (Wildman–Crippen LogP) is 3.33. The first-order valence-electron chi connectivity index (χ1n) is 7.74. The molecule has 1 heterocycles. The number of aryl methyl sites for hydroxylation is 1. The number of methoxy groups -OCH3 is 1. The molecule has 0 aliphatic heterocycles. The minimum atomic E-state index is -0.715. The fourth-order valence-corrected chi connectivity index (χ4v) is 3.21. The Morgan fingerprint density at radius 2 is 2.04 bits per heavy atom. The monoisotopic (exact) mass is 378 g/mol. The molecule has 0 atom stereocenters. The van der Waals surface area contributed by atoms with Gasteiger partial charge in [0.2, 0.25) is 5.91 Å². The largest absolute Gasteiger partial charge is 0.496 e. The molecular weight excluding hydrogens is 360 g/mol. The number of carbonyl (C=O) groups excluding carboxylic acids is 2. The van der Waals surface area contributed by atoms with Crippen LogP contribution in [0.4, 0.5) is 10.0 Å². The van der Waals surface area contributed by atoms with Crippen LogP contribution in [0.15, 0.2) is 24.3 Å². The topological polar surface area (TPSA) is 108 Å². The molecule has 138 valence electrons. The van der Waals surface area contributed by atoms with E-state index in [2.05, 4.69) is 5.32 Å². The maximum atomic E-state index is 12.3. The number of thiophene rings is 1. The quantitative estimate of drug-likeness (QED) is 0.450. The highest BCUT2D eigenvalue weighted by Crippen LogP contribution is 2.34. The van der Waals surface area contributed by atoms with Crippen LogP contribution in [0.2, 0.25) is 0 Å². The van der Waals surface area contributed by atoms with Gasteiger partial charge >= 0.3 is 11.0 Å². The summed E-state index contributed by atoms with van der Waals surface area (Å²) in [5.41, 5.74) is 1.61. The molecule has 0 bridgehead atoms. The lowest BCUT2D eigenvalue weighted by Gasteiger charge is -2.08. The highest BCUT2D eigenvalue weighted by molar-refractivity contribution is 7.19. The third-order valence-electron chi connectivity index (χ3n) is 3.47. The number of anilines is 1. The first-order valence-corrected chi connectivity index (χ1v) is 8.56. The van der Waals surface area contributed by atoms with Crippen molar-refractivity contribution in [3.8, 4) is 5.75 Å². The van der Waals surface area contributed by atoms with Crippen molar-refractivity contribution in [1.29, 1.82) is 0 Å². The number of hydrogen-bond acceptors (Lipinski definition) is 7. The fraction of sp³-hybridized carbons (Fsp3) is 0.294. The summed E-state index contributed by atoms with van der Waals surface area (Å²) in [5.74, 6) is -0.392. The molecule has 0 saturated carbocycles. The zero-order valence-corrected chi connectivity index (χ0v) is 15.3. The standard InChI is InChI=1S/C17H18N2O6S/c1-4-25-17(21)12-9-15(19(22)23)26-16(12)18-14(20)8-11-5-6-13(24-3)10(2)7-11/h5-7,9H,4,8H2,1-3H3,(H,18,20). The molecule has 0 saturated heterocycles. The number of hydrogen-bond donors (Lipinski definition) is 1. The first-order chi connectivity index (χ1) is 12.3. The number of carbonyl (C=O) groups is 2. The molecule has 9 heteroatoms. The molecule has 2 rings (SSSR count). The van der Waals surface area contributed by atoms with Crippen molar-refractivity contribution in [3.63, 3.8) is 0 Å². The Bertz CT molecular complexity index is 846. The summed E-state index contributed by atoms with van der Waals surface area (Å²) in [6.07, 6.45) is 0.0544. The molecule has 0 unspecified atom stereocenters. The van der Waals surface area contributed by atoms with Crippen molar-refractivity contribution in [1.82, 2.24) is 0 Å². The van der Waals surface area contributed by atoms with Crippen LogP contribution in [0.25, 0.3) is 0 Å². The molecule has 26 heavy (non-hydrogen) atoms. The molecular formula is C17H18N2O6S. The van der Waals surface area contributed by atoms with Gasteiger partial charge in [-0.1, -0.05) is 12.1 Å². The molecule has 0 radical (unpaired) electrons. The van der Waals surface area contributed by atoms with Gasteiger partial charge in [0.25, 0.3) is 0 Å². The van der Waals surface area contributed by atoms with Crippen LogP contribution in [0, 0.1) is 17.0 Å². The SMILES string of the molecule is CCOC(=O)c1cc([N+](=O)[O-])sc1NC(=O)Cc1ccc(OC)c(C)c1. The Labute approximate surface area is 153 Å². The van der Waals surface area contributed by atoms with E-state index in [4.69, 9.17) is 9.47 Å². The minimum absolute atomic E-state index is 0.0252. The predicted molar refractivity (Wildman–Crippen MR) is 97.0 cm³/mol. The molecule has 0 spiro atoms. The Morgan fingerprint density at radius 3 is 2.62 bits per heavy atom. The maximum Gasteiger partial charge on any atom is 0.341 e. The second-order valence-corrected chi connectivity index (χ2v) is 6.36. The van der Waals surface area contributed by atoms with Crippen LogP contribution in [0.1, 0.15) is 28.4 Å². The lowest BCUT2D eigenvalue weighted by molar-refractivity contribution is -0.380. The maximum absolute atomic E-state index is 12.3. The number of amides is 1. The molecule has 1 amide bonds. The van der Waals surface area contributed by atoms with E-state index in [-0.39, 0.29) is 28.6 Å². The van der Waals surface area contributed by atoms with Crippen molar-refractivity contribution in [2.45, 2.75) is 20.3 Å². The molecule has 1 N–H and O–H groups in total. The van der Waals surface area contributed by atoms with E-state index in [0.717, 1.165) is 28.5 Å². The van der Waals surface area contributed by atoms with Crippen LogP contribution >= 0.6 is 11.3 Å². The van der Waals surface area contributed by atoms with Crippen molar-refractivity contribution in [2.24, 2.45) is 0 Å². The number of ether oxygens (including phenoxy) is 2. The minimum Gasteiger partial charge on any atom is -0.496 e. The van der Waals surface area contributed by atoms with Gasteiger partial charge < -0.3 is 14.8 Å². The van der Waals surface area contributed by atoms with Crippen molar-refractivity contribution >= 4 is 33.2 Å². The van der Waals surface area contributed by atoms with Crippen molar-refractivity contribution in [3.05, 3.63) is 51.1 Å². The number of esters is 1. The summed E-state index contributed by atoms with van der Waals surface area (Å²) in [6, 6.07) is 6.45. The average molecular weight is 378 g/mol. The highest BCUT2D eigenvalue weighted by atomic mass is 32.1. The van der Waals surface area contributed by atoms with Gasteiger partial charge in [0.15, 0.2) is 0 Å². The van der Waals surface area contributed by atoms with Crippen LogP contribution in [0.3, 0.4) is 0 Å². The zero-order valence-electron chi connectivity index (χ0n) is 14.5. The molecule has 0 aliphatic carbocycles. The van der Waals surface area contributed by atoms with Crippen molar-refractivity contribution in [2.75, 3.05) is 19.0 Å². The van der Waals surface area contributed by atoms with Crippen LogP contribution < -0.4 is 10.1 Å². The summed E-state index contributed by atoms with van der Waals surface area (Å²) in [4.78, 5) is 34.6. The summed E-state index contributed by atoms with van der Waals surface area (Å²) in [7, 11) is 1.56. The fourth-order valence-electron chi connectivity index (χ4n) is 2.33. The number of nitro groups is 1. The second-order valence-electron chi connectivity index (χ2n) is 5.33. The number of nitrogens with one attached hydrogen (secondary N) is 1. The Hall–Kier alpha value is -2.94. The summed E-state index contributed by atoms with van der Waals surface area (Å²) in [5, 5.41) is 13.4. The van der Waals surface area contributed by atoms with Crippen LogP contribution in [-0.2, 0) is 16.0 Å². The molecule has 8 nitrogen and oxygen atoms in total. The van der Waals surface area contributed by atoms with Gasteiger partial charge in [-0.2, -0.15) is 0 Å². The molecule has 1 aromatic carbocycles. The normalized spacial score (nSPS) is 10.3. The second kappa shape index (κ2) is 8.43. The molecule has 2 aromatic rings. The third kappa shape index (κ3) is 4.57. The highest BCUT2D eigenvalue weighted by Gasteiger charge is 2.24. The van der Waals surface area contributed by atoms with Gasteiger partial charge in [0.1, 0.15) is 16.3 Å². The van der Waals surface area contributed by atoms with E-state index in [1.54, 1.807) is 26.2 Å². The van der Waals surface area contributed by atoms with E-state index < -0.39 is 16.8 Å². The number of benzene rings is 1. The Kier molecular flexibility index (Phi) is 6.29. The zero-order chi connectivity index (χ0) is 19.3. The van der Waals surface area contributed by atoms with Crippen molar-refractivity contribution < 1.29 is 24.0 Å². The van der Waals surface area contributed by atoms with Gasteiger partial charge in [-0.3, -0.25) is 14.9 Å². The summed E-state index contributed by atoms with van der Waals surface area (Å²) >= 11 is 0.718. The van der Waals surface area contributed by atoms with E-state index in [1.165, 1.54) is 0 Å².